The van der Waals surface area contributed by atoms with Crippen LogP contribution in [0.3, 0.4) is 0 Å². The number of non-ortho nitro benzene ring substituents is 1. The Morgan fingerprint density at radius 1 is 1.17 bits per heavy atom. The van der Waals surface area contributed by atoms with Gasteiger partial charge in [0.15, 0.2) is 0 Å². The smallest absolute Gasteiger partial charge is 0.270 e. The quantitative estimate of drug-likeness (QED) is 0.376. The number of nitro benzene ring substituents is 1. The second kappa shape index (κ2) is 7.37. The molecule has 2 heterocycles. The minimum absolute atomic E-state index is 0.0116. The maximum Gasteiger partial charge on any atom is 0.270 e. The summed E-state index contributed by atoms with van der Waals surface area (Å²) in [5, 5.41) is 13.7. The first kappa shape index (κ1) is 18.6. The van der Waals surface area contributed by atoms with Crippen LogP contribution in [0.15, 0.2) is 67.0 Å². The van der Waals surface area contributed by atoms with Crippen LogP contribution in [0.4, 0.5) is 11.4 Å². The van der Waals surface area contributed by atoms with Gasteiger partial charge >= 0.3 is 0 Å². The van der Waals surface area contributed by atoms with Crippen molar-refractivity contribution in [2.45, 2.75) is 6.92 Å². The van der Waals surface area contributed by atoms with Crippen molar-refractivity contribution in [1.29, 1.82) is 0 Å². The van der Waals surface area contributed by atoms with Crippen LogP contribution in [0.2, 0.25) is 5.02 Å². The van der Waals surface area contributed by atoms with Gasteiger partial charge in [-0.2, -0.15) is 0 Å². The lowest BCUT2D eigenvalue weighted by molar-refractivity contribution is -0.384. The van der Waals surface area contributed by atoms with E-state index in [1.54, 1.807) is 12.1 Å². The lowest BCUT2D eigenvalue weighted by Gasteiger charge is -2.10. The summed E-state index contributed by atoms with van der Waals surface area (Å²) in [6, 6.07) is 15.0. The highest BCUT2D eigenvalue weighted by Crippen LogP contribution is 2.29. The maximum atomic E-state index is 12.7. The van der Waals surface area contributed by atoms with Crippen LogP contribution < -0.4 is 5.32 Å². The molecule has 1 N–H and O–H groups in total. The number of halogens is 1. The Morgan fingerprint density at radius 2 is 1.97 bits per heavy atom. The molecule has 29 heavy (non-hydrogen) atoms. The van der Waals surface area contributed by atoms with Crippen molar-refractivity contribution >= 4 is 34.5 Å². The number of pyridine rings is 1. The molecule has 0 aliphatic carbocycles. The van der Waals surface area contributed by atoms with Gasteiger partial charge in [-0.1, -0.05) is 35.9 Å². The summed E-state index contributed by atoms with van der Waals surface area (Å²) in [5.41, 5.74) is 3.88. The number of fused-ring (bicyclic) bond motifs is 1. The summed E-state index contributed by atoms with van der Waals surface area (Å²) in [6.07, 6.45) is 3.81. The number of nitrogens with one attached hydrogen (secondary N) is 1. The van der Waals surface area contributed by atoms with Gasteiger partial charge in [0.05, 0.1) is 26.9 Å². The third-order valence-electron chi connectivity index (χ3n) is 4.54. The van der Waals surface area contributed by atoms with E-state index in [2.05, 4.69) is 10.3 Å². The Kier molecular flexibility index (Phi) is 4.74. The van der Waals surface area contributed by atoms with Crippen molar-refractivity contribution in [1.82, 2.24) is 9.38 Å². The Morgan fingerprint density at radius 3 is 2.69 bits per heavy atom. The van der Waals surface area contributed by atoms with Crippen molar-refractivity contribution < 1.29 is 9.72 Å². The van der Waals surface area contributed by atoms with Gasteiger partial charge in [-0.05, 0) is 30.7 Å². The number of nitrogens with zero attached hydrogens (tertiary/aromatic N) is 3. The fourth-order valence-electron chi connectivity index (χ4n) is 3.09. The van der Waals surface area contributed by atoms with Crippen molar-refractivity contribution in [2.75, 3.05) is 5.32 Å². The molecule has 0 unspecified atom stereocenters. The number of amides is 1. The molecule has 4 aromatic rings. The zero-order valence-corrected chi connectivity index (χ0v) is 16.1. The Bertz CT molecular complexity index is 1270. The fraction of sp³-hybridized carbons (Fsp3) is 0.0476. The Hall–Kier alpha value is -3.71. The molecular formula is C21H15ClN4O3. The number of carbonyl (C=O) groups excluding carboxylic acids is 1. The van der Waals surface area contributed by atoms with Gasteiger partial charge in [-0.25, -0.2) is 4.98 Å². The molecule has 0 aliphatic heterocycles. The van der Waals surface area contributed by atoms with Crippen LogP contribution in [0.5, 0.6) is 0 Å². The molecule has 0 aliphatic rings. The summed E-state index contributed by atoms with van der Waals surface area (Å²) in [5.74, 6) is -0.461. The number of hydrogen-bond donors (Lipinski definition) is 1. The predicted molar refractivity (Wildman–Crippen MR) is 111 cm³/mol. The molecule has 0 fully saturated rings. The number of hydrogen-bond acceptors (Lipinski definition) is 4. The number of benzene rings is 2. The van der Waals surface area contributed by atoms with E-state index in [4.69, 9.17) is 11.6 Å². The predicted octanol–water partition coefficient (Wildman–Crippen LogP) is 5.12. The van der Waals surface area contributed by atoms with Gasteiger partial charge in [-0.3, -0.25) is 14.9 Å². The summed E-state index contributed by atoms with van der Waals surface area (Å²) < 4.78 is 1.93. The number of aryl methyl sites for hydroxylation is 1. The van der Waals surface area contributed by atoms with Crippen molar-refractivity contribution in [3.63, 3.8) is 0 Å². The maximum absolute atomic E-state index is 12.7. The second-order valence-electron chi connectivity index (χ2n) is 6.47. The van der Waals surface area contributed by atoms with Crippen molar-refractivity contribution in [2.24, 2.45) is 0 Å². The molecule has 7 nitrogen and oxygen atoms in total. The third kappa shape index (κ3) is 3.55. The van der Waals surface area contributed by atoms with Crippen LogP contribution in [-0.2, 0) is 0 Å². The third-order valence-corrected chi connectivity index (χ3v) is 4.85. The van der Waals surface area contributed by atoms with E-state index in [9.17, 15) is 14.9 Å². The largest absolute Gasteiger partial charge is 0.321 e. The molecule has 2 aromatic carbocycles. The van der Waals surface area contributed by atoms with Gasteiger partial charge in [0.25, 0.3) is 11.6 Å². The standard InChI is InChI=1S/C21H15ClN4O3/c1-13-5-4-10-25-12-19(23-20(13)25)16-6-2-3-7-18(16)24-21(27)15-9-8-14(26(28)29)11-17(15)22/h2-12H,1H3,(H,24,27). The number of anilines is 1. The molecule has 144 valence electrons. The summed E-state index contributed by atoms with van der Waals surface area (Å²) >= 11 is 6.08. The molecular weight excluding hydrogens is 392 g/mol. The van der Waals surface area contributed by atoms with Gasteiger partial charge in [0, 0.05) is 30.1 Å². The van der Waals surface area contributed by atoms with E-state index in [1.807, 2.05) is 48.0 Å². The van der Waals surface area contributed by atoms with Crippen LogP contribution in [0.25, 0.3) is 16.9 Å². The van der Waals surface area contributed by atoms with Crippen LogP contribution in [-0.4, -0.2) is 20.2 Å². The average molecular weight is 407 g/mol. The van der Waals surface area contributed by atoms with Gasteiger partial charge in [0.2, 0.25) is 0 Å². The van der Waals surface area contributed by atoms with Crippen LogP contribution in [0, 0.1) is 17.0 Å². The average Bonchev–Trinajstić information content (AvgIpc) is 3.13. The minimum atomic E-state index is -0.561. The topological polar surface area (TPSA) is 89.5 Å². The number of aromatic nitrogens is 2. The number of imidazole rings is 1. The zero-order chi connectivity index (χ0) is 20.5. The SMILES string of the molecule is Cc1cccn2cc(-c3ccccc3NC(=O)c3ccc([N+](=O)[O-])cc3Cl)nc12. The first-order valence-corrected chi connectivity index (χ1v) is 9.11. The second-order valence-corrected chi connectivity index (χ2v) is 6.88. The molecule has 0 atom stereocenters. The first-order valence-electron chi connectivity index (χ1n) is 8.73. The summed E-state index contributed by atoms with van der Waals surface area (Å²) in [6.45, 7) is 1.98. The molecule has 0 spiro atoms. The molecule has 1 amide bonds. The van der Waals surface area contributed by atoms with Crippen molar-refractivity contribution in [3.05, 3.63) is 93.3 Å². The summed E-state index contributed by atoms with van der Waals surface area (Å²) in [4.78, 5) is 27.7. The number of carbonyl (C=O) groups is 1. The molecule has 2 aromatic heterocycles. The van der Waals surface area contributed by atoms with E-state index in [-0.39, 0.29) is 16.3 Å². The Balaban J connectivity index is 1.69. The number of rotatable bonds is 4. The normalized spacial score (nSPS) is 10.8. The summed E-state index contributed by atoms with van der Waals surface area (Å²) in [7, 11) is 0. The first-order chi connectivity index (χ1) is 13.9. The highest BCUT2D eigenvalue weighted by molar-refractivity contribution is 6.34. The van der Waals surface area contributed by atoms with Crippen LogP contribution >= 0.6 is 11.6 Å². The van der Waals surface area contributed by atoms with E-state index in [1.165, 1.54) is 12.1 Å². The van der Waals surface area contributed by atoms with E-state index >= 15 is 0 Å². The highest BCUT2D eigenvalue weighted by atomic mass is 35.5. The highest BCUT2D eigenvalue weighted by Gasteiger charge is 2.17. The van der Waals surface area contributed by atoms with Gasteiger partial charge < -0.3 is 9.72 Å². The van der Waals surface area contributed by atoms with Gasteiger partial charge in [0.1, 0.15) is 5.65 Å². The fourth-order valence-corrected chi connectivity index (χ4v) is 3.35. The molecule has 0 saturated heterocycles. The Labute approximate surface area is 170 Å². The molecule has 4 rings (SSSR count). The van der Waals surface area contributed by atoms with Crippen LogP contribution in [0.1, 0.15) is 15.9 Å². The molecule has 0 bridgehead atoms. The van der Waals surface area contributed by atoms with Crippen molar-refractivity contribution in [3.8, 4) is 11.3 Å². The van der Waals surface area contributed by atoms with E-state index in [0.29, 0.717) is 11.4 Å². The minimum Gasteiger partial charge on any atom is -0.321 e. The number of nitro groups is 1. The molecule has 0 saturated carbocycles. The zero-order valence-electron chi connectivity index (χ0n) is 15.3. The monoisotopic (exact) mass is 406 g/mol. The lowest BCUT2D eigenvalue weighted by atomic mass is 10.1. The van der Waals surface area contributed by atoms with Gasteiger partial charge in [-0.15, -0.1) is 0 Å². The molecule has 0 radical (unpaired) electrons. The lowest BCUT2D eigenvalue weighted by Crippen LogP contribution is -2.13. The molecule has 8 heteroatoms. The van der Waals surface area contributed by atoms with E-state index < -0.39 is 10.8 Å². The van der Waals surface area contributed by atoms with E-state index in [0.717, 1.165) is 22.8 Å². The number of para-hydroxylation sites is 1.